The summed E-state index contributed by atoms with van der Waals surface area (Å²) in [5.74, 6) is -3.00. The Bertz CT molecular complexity index is 816. The number of hydrogen-bond donors (Lipinski definition) is 1. The Balaban J connectivity index is 2.40. The van der Waals surface area contributed by atoms with Gasteiger partial charge in [0.15, 0.2) is 0 Å². The molecule has 0 aliphatic rings. The van der Waals surface area contributed by atoms with E-state index in [9.17, 15) is 18.7 Å². The number of carbonyl (C=O) groups is 1. The second kappa shape index (κ2) is 4.64. The summed E-state index contributed by atoms with van der Waals surface area (Å²) in [6.07, 6.45) is 0. The van der Waals surface area contributed by atoms with Gasteiger partial charge in [-0.2, -0.15) is 11.3 Å². The molecule has 0 fully saturated rings. The first-order valence-corrected chi connectivity index (χ1v) is 6.56. The van der Waals surface area contributed by atoms with E-state index in [4.69, 9.17) is 0 Å². The molecule has 1 aromatic carbocycles. The van der Waals surface area contributed by atoms with E-state index < -0.39 is 17.6 Å². The molecule has 0 spiro atoms. The molecule has 2 aromatic heterocycles. The fourth-order valence-electron chi connectivity index (χ4n) is 2.01. The summed E-state index contributed by atoms with van der Waals surface area (Å²) in [7, 11) is 0. The summed E-state index contributed by atoms with van der Waals surface area (Å²) in [6, 6.07) is 4.75. The van der Waals surface area contributed by atoms with Crippen LogP contribution in [-0.2, 0) is 0 Å². The molecule has 0 atom stereocenters. The van der Waals surface area contributed by atoms with Crippen LogP contribution >= 0.6 is 11.3 Å². The van der Waals surface area contributed by atoms with Crippen molar-refractivity contribution >= 4 is 28.2 Å². The second-order valence-electron chi connectivity index (χ2n) is 4.15. The zero-order chi connectivity index (χ0) is 14.3. The van der Waals surface area contributed by atoms with Crippen LogP contribution in [0.4, 0.5) is 8.78 Å². The van der Waals surface area contributed by atoms with Gasteiger partial charge in [-0.05, 0) is 17.5 Å². The van der Waals surface area contributed by atoms with Gasteiger partial charge in [0.25, 0.3) is 0 Å². The van der Waals surface area contributed by atoms with Gasteiger partial charge >= 0.3 is 5.97 Å². The minimum absolute atomic E-state index is 0.0106. The predicted molar refractivity (Wildman–Crippen MR) is 71.9 cm³/mol. The Morgan fingerprint density at radius 1 is 1.25 bits per heavy atom. The molecular formula is C14H7F2NO2S. The van der Waals surface area contributed by atoms with E-state index in [2.05, 4.69) is 4.98 Å². The first-order valence-electron chi connectivity index (χ1n) is 5.62. The summed E-state index contributed by atoms with van der Waals surface area (Å²) >= 11 is 1.42. The van der Waals surface area contributed by atoms with Crippen molar-refractivity contribution in [2.24, 2.45) is 0 Å². The van der Waals surface area contributed by atoms with Crippen LogP contribution in [0.3, 0.4) is 0 Å². The van der Waals surface area contributed by atoms with Crippen LogP contribution in [0.25, 0.3) is 22.2 Å². The zero-order valence-electron chi connectivity index (χ0n) is 9.93. The molecule has 0 amide bonds. The maximum atomic E-state index is 13.8. The standard InChI is InChI=1S/C14H7F2NO2S/c15-8-3-10(16)13-9(14(18)19)5-11(17-12(13)4-8)7-1-2-20-6-7/h1-6H,(H,18,19). The molecule has 0 radical (unpaired) electrons. The minimum Gasteiger partial charge on any atom is -0.478 e. The Labute approximate surface area is 116 Å². The van der Waals surface area contributed by atoms with E-state index >= 15 is 0 Å². The lowest BCUT2D eigenvalue weighted by atomic mass is 10.0. The van der Waals surface area contributed by atoms with E-state index in [0.29, 0.717) is 17.3 Å². The van der Waals surface area contributed by atoms with Gasteiger partial charge in [-0.15, -0.1) is 0 Å². The van der Waals surface area contributed by atoms with Gasteiger partial charge in [-0.1, -0.05) is 0 Å². The van der Waals surface area contributed by atoms with Gasteiger partial charge in [0, 0.05) is 23.1 Å². The van der Waals surface area contributed by atoms with Crippen LogP contribution in [0.1, 0.15) is 10.4 Å². The van der Waals surface area contributed by atoms with Crippen molar-refractivity contribution in [1.29, 1.82) is 0 Å². The van der Waals surface area contributed by atoms with Crippen LogP contribution in [0, 0.1) is 11.6 Å². The molecule has 0 saturated carbocycles. The highest BCUT2D eigenvalue weighted by Crippen LogP contribution is 2.28. The summed E-state index contributed by atoms with van der Waals surface area (Å²) in [6.45, 7) is 0. The van der Waals surface area contributed by atoms with Gasteiger partial charge in [-0.3, -0.25) is 0 Å². The molecule has 0 bridgehead atoms. The molecule has 0 saturated heterocycles. The molecule has 3 rings (SSSR count). The average Bonchev–Trinajstić information content (AvgIpc) is 2.90. The summed E-state index contributed by atoms with van der Waals surface area (Å²) in [4.78, 5) is 15.4. The van der Waals surface area contributed by atoms with Gasteiger partial charge in [0.2, 0.25) is 0 Å². The minimum atomic E-state index is -1.28. The molecule has 0 unspecified atom stereocenters. The highest BCUT2D eigenvalue weighted by Gasteiger charge is 2.17. The summed E-state index contributed by atoms with van der Waals surface area (Å²) < 4.78 is 27.1. The van der Waals surface area contributed by atoms with Crippen LogP contribution in [0.15, 0.2) is 35.0 Å². The quantitative estimate of drug-likeness (QED) is 0.778. The Morgan fingerprint density at radius 3 is 2.70 bits per heavy atom. The maximum absolute atomic E-state index is 13.8. The summed E-state index contributed by atoms with van der Waals surface area (Å²) in [5.41, 5.74) is 0.850. The van der Waals surface area contributed by atoms with Gasteiger partial charge in [0.1, 0.15) is 11.6 Å². The molecule has 1 N–H and O–H groups in total. The number of aromatic nitrogens is 1. The highest BCUT2D eigenvalue weighted by molar-refractivity contribution is 7.08. The Hall–Kier alpha value is -2.34. The zero-order valence-corrected chi connectivity index (χ0v) is 10.7. The number of benzene rings is 1. The fraction of sp³-hybridized carbons (Fsp3) is 0. The van der Waals surface area contributed by atoms with E-state index in [-0.39, 0.29) is 16.5 Å². The van der Waals surface area contributed by atoms with Crippen LogP contribution in [0.2, 0.25) is 0 Å². The van der Waals surface area contributed by atoms with E-state index in [1.807, 2.05) is 5.38 Å². The van der Waals surface area contributed by atoms with Gasteiger partial charge < -0.3 is 5.11 Å². The smallest absolute Gasteiger partial charge is 0.336 e. The SMILES string of the molecule is O=C(O)c1cc(-c2ccsc2)nc2cc(F)cc(F)c12. The van der Waals surface area contributed by atoms with Gasteiger partial charge in [-0.25, -0.2) is 18.6 Å². The number of fused-ring (bicyclic) bond motifs is 1. The molecule has 20 heavy (non-hydrogen) atoms. The van der Waals surface area contributed by atoms with Crippen molar-refractivity contribution in [3.8, 4) is 11.3 Å². The lowest BCUT2D eigenvalue weighted by Gasteiger charge is -2.07. The number of rotatable bonds is 2. The number of halogens is 2. The largest absolute Gasteiger partial charge is 0.478 e. The number of carboxylic acid groups (broad SMARTS) is 1. The number of carboxylic acids is 1. The number of nitrogens with zero attached hydrogens (tertiary/aromatic N) is 1. The van der Waals surface area contributed by atoms with E-state index in [0.717, 1.165) is 6.07 Å². The molecule has 3 aromatic rings. The number of pyridine rings is 1. The topological polar surface area (TPSA) is 50.2 Å². The normalized spacial score (nSPS) is 10.9. The highest BCUT2D eigenvalue weighted by atomic mass is 32.1. The van der Waals surface area contributed by atoms with Crippen molar-refractivity contribution < 1.29 is 18.7 Å². The van der Waals surface area contributed by atoms with Crippen molar-refractivity contribution in [2.75, 3.05) is 0 Å². The molecule has 2 heterocycles. The first kappa shape index (κ1) is 12.7. The molecule has 0 aliphatic heterocycles. The van der Waals surface area contributed by atoms with E-state index in [1.54, 1.807) is 11.4 Å². The van der Waals surface area contributed by atoms with E-state index in [1.165, 1.54) is 17.4 Å². The molecule has 3 nitrogen and oxygen atoms in total. The molecule has 100 valence electrons. The monoisotopic (exact) mass is 291 g/mol. The third-order valence-electron chi connectivity index (χ3n) is 2.87. The van der Waals surface area contributed by atoms with Gasteiger partial charge in [0.05, 0.1) is 22.2 Å². The summed E-state index contributed by atoms with van der Waals surface area (Å²) in [5, 5.41) is 12.6. The third kappa shape index (κ3) is 2.04. The molecule has 0 aliphatic carbocycles. The molecular weight excluding hydrogens is 284 g/mol. The van der Waals surface area contributed by atoms with Crippen molar-refractivity contribution in [3.63, 3.8) is 0 Å². The Kier molecular flexibility index (Phi) is 2.94. The predicted octanol–water partition coefficient (Wildman–Crippen LogP) is 3.94. The number of aromatic carboxylic acids is 1. The Morgan fingerprint density at radius 2 is 2.05 bits per heavy atom. The van der Waals surface area contributed by atoms with Crippen molar-refractivity contribution in [3.05, 3.63) is 52.2 Å². The average molecular weight is 291 g/mol. The lowest BCUT2D eigenvalue weighted by Crippen LogP contribution is -2.02. The number of hydrogen-bond acceptors (Lipinski definition) is 3. The van der Waals surface area contributed by atoms with Crippen molar-refractivity contribution in [1.82, 2.24) is 4.98 Å². The lowest BCUT2D eigenvalue weighted by molar-refractivity contribution is 0.0698. The molecule has 6 heteroatoms. The second-order valence-corrected chi connectivity index (χ2v) is 4.93. The van der Waals surface area contributed by atoms with Crippen LogP contribution in [0.5, 0.6) is 0 Å². The first-order chi connectivity index (χ1) is 9.56. The fourth-order valence-corrected chi connectivity index (χ4v) is 2.66. The maximum Gasteiger partial charge on any atom is 0.336 e. The number of thiophene rings is 1. The van der Waals surface area contributed by atoms with Crippen molar-refractivity contribution in [2.45, 2.75) is 0 Å². The third-order valence-corrected chi connectivity index (χ3v) is 3.56. The van der Waals surface area contributed by atoms with Crippen LogP contribution in [-0.4, -0.2) is 16.1 Å². The van der Waals surface area contributed by atoms with Crippen LogP contribution < -0.4 is 0 Å².